The molecule has 1 unspecified atom stereocenters. The van der Waals surface area contributed by atoms with E-state index in [2.05, 4.69) is 34.8 Å². The first-order chi connectivity index (χ1) is 7.63. The Bertz CT molecular complexity index is 313. The summed E-state index contributed by atoms with van der Waals surface area (Å²) in [4.78, 5) is 14.5. The second kappa shape index (κ2) is 6.62. The molecule has 16 heavy (non-hydrogen) atoms. The highest BCUT2D eigenvalue weighted by Crippen LogP contribution is 2.13. The molecule has 0 saturated carbocycles. The van der Waals surface area contributed by atoms with Gasteiger partial charge < -0.3 is 4.90 Å². The molecule has 0 aliphatic rings. The lowest BCUT2D eigenvalue weighted by atomic mass is 10.2. The Kier molecular flexibility index (Phi) is 5.45. The number of nitrogens with two attached hydrogens (primary N) is 1. The summed E-state index contributed by atoms with van der Waals surface area (Å²) in [6, 6.07) is 4.64. The number of hydrogen-bond acceptors (Lipinski definition) is 4. The van der Waals surface area contributed by atoms with E-state index in [0.717, 1.165) is 13.0 Å². The van der Waals surface area contributed by atoms with Crippen LogP contribution in [0.4, 0.5) is 0 Å². The van der Waals surface area contributed by atoms with E-state index >= 15 is 0 Å². The number of carbonyl (C=O) groups excluding carboxylic acids is 1. The molecule has 3 N–H and O–H groups in total. The molecule has 0 saturated heterocycles. The first kappa shape index (κ1) is 13.2. The van der Waals surface area contributed by atoms with E-state index in [9.17, 15) is 4.79 Å². The fraction of sp³-hybridized carbons (Fsp3) is 0.545. The fourth-order valence-corrected chi connectivity index (χ4v) is 2.27. The van der Waals surface area contributed by atoms with Crippen LogP contribution in [0.1, 0.15) is 18.2 Å². The van der Waals surface area contributed by atoms with Crippen LogP contribution in [0, 0.1) is 0 Å². The number of nitrogens with one attached hydrogen (secondary N) is 1. The van der Waals surface area contributed by atoms with Crippen LogP contribution < -0.4 is 11.3 Å². The summed E-state index contributed by atoms with van der Waals surface area (Å²) < 4.78 is 0. The van der Waals surface area contributed by atoms with Crippen LogP contribution in [0.25, 0.3) is 0 Å². The minimum Gasteiger partial charge on any atom is -0.303 e. The summed E-state index contributed by atoms with van der Waals surface area (Å²) in [5.41, 5.74) is 2.14. The summed E-state index contributed by atoms with van der Waals surface area (Å²) in [6.07, 6.45) is 1.47. The molecular weight excluding hydrogens is 222 g/mol. The van der Waals surface area contributed by atoms with Crippen molar-refractivity contribution in [3.8, 4) is 0 Å². The number of thiophene rings is 1. The van der Waals surface area contributed by atoms with E-state index in [1.165, 1.54) is 4.88 Å². The van der Waals surface area contributed by atoms with Gasteiger partial charge in [-0.1, -0.05) is 6.07 Å². The zero-order valence-corrected chi connectivity index (χ0v) is 10.6. The number of nitrogens with zero attached hydrogens (tertiary/aromatic N) is 1. The molecule has 1 atom stereocenters. The third-order valence-electron chi connectivity index (χ3n) is 2.68. The molecule has 1 rings (SSSR count). The Morgan fingerprint density at radius 3 is 3.00 bits per heavy atom. The molecule has 90 valence electrons. The zero-order valence-electron chi connectivity index (χ0n) is 9.77. The van der Waals surface area contributed by atoms with Crippen LogP contribution in [0.3, 0.4) is 0 Å². The lowest BCUT2D eigenvalue weighted by molar-refractivity contribution is -0.121. The largest absolute Gasteiger partial charge is 0.303 e. The van der Waals surface area contributed by atoms with Crippen molar-refractivity contribution in [1.82, 2.24) is 10.3 Å². The van der Waals surface area contributed by atoms with Gasteiger partial charge in [-0.2, -0.15) is 0 Å². The van der Waals surface area contributed by atoms with Gasteiger partial charge in [-0.25, -0.2) is 5.84 Å². The quantitative estimate of drug-likeness (QED) is 0.443. The molecule has 0 radical (unpaired) electrons. The second-order valence-electron chi connectivity index (χ2n) is 3.93. The fourth-order valence-electron chi connectivity index (χ4n) is 1.45. The number of hydrazine groups is 1. The number of hydrogen-bond donors (Lipinski definition) is 2. The first-order valence-electron chi connectivity index (χ1n) is 5.35. The predicted molar refractivity (Wildman–Crippen MR) is 67.1 cm³/mol. The number of amides is 1. The maximum absolute atomic E-state index is 11.0. The minimum atomic E-state index is -0.116. The van der Waals surface area contributed by atoms with Crippen molar-refractivity contribution >= 4 is 17.2 Å². The molecular formula is C11H19N3OS. The Hall–Kier alpha value is -0.910. The molecule has 0 aliphatic carbocycles. The van der Waals surface area contributed by atoms with Crippen molar-refractivity contribution in [2.24, 2.45) is 5.84 Å². The van der Waals surface area contributed by atoms with Gasteiger partial charge in [0.15, 0.2) is 0 Å². The molecule has 0 bridgehead atoms. The van der Waals surface area contributed by atoms with Gasteiger partial charge in [0.25, 0.3) is 0 Å². The van der Waals surface area contributed by atoms with Crippen molar-refractivity contribution in [2.75, 3.05) is 13.6 Å². The lowest BCUT2D eigenvalue weighted by Crippen LogP contribution is -2.36. The molecule has 0 spiro atoms. The average molecular weight is 241 g/mol. The summed E-state index contributed by atoms with van der Waals surface area (Å²) in [5.74, 6) is 4.91. The molecule has 1 aromatic rings. The third-order valence-corrected chi connectivity index (χ3v) is 3.58. The predicted octanol–water partition coefficient (Wildman–Crippen LogP) is 0.991. The number of likely N-dealkylation sites (N-methyl/N-ethyl adjacent to an activating group) is 1. The maximum Gasteiger partial charge on any atom is 0.235 e. The van der Waals surface area contributed by atoms with E-state index in [-0.39, 0.29) is 5.91 Å². The van der Waals surface area contributed by atoms with Gasteiger partial charge in [0.2, 0.25) is 5.91 Å². The van der Waals surface area contributed by atoms with Crippen molar-refractivity contribution in [3.63, 3.8) is 0 Å². The molecule has 4 nitrogen and oxygen atoms in total. The highest BCUT2D eigenvalue weighted by molar-refractivity contribution is 7.09. The molecule has 0 aromatic carbocycles. The van der Waals surface area contributed by atoms with Crippen molar-refractivity contribution in [2.45, 2.75) is 25.8 Å². The van der Waals surface area contributed by atoms with Gasteiger partial charge in [-0.05, 0) is 31.8 Å². The second-order valence-corrected chi connectivity index (χ2v) is 4.96. The molecule has 1 amide bonds. The topological polar surface area (TPSA) is 58.4 Å². The van der Waals surface area contributed by atoms with E-state index in [1.807, 2.05) is 7.05 Å². The molecule has 1 heterocycles. The van der Waals surface area contributed by atoms with Crippen LogP contribution in [-0.4, -0.2) is 30.4 Å². The maximum atomic E-state index is 11.0. The monoisotopic (exact) mass is 241 g/mol. The van der Waals surface area contributed by atoms with Crippen LogP contribution >= 0.6 is 11.3 Å². The van der Waals surface area contributed by atoms with Crippen molar-refractivity contribution in [3.05, 3.63) is 22.4 Å². The highest BCUT2D eigenvalue weighted by atomic mass is 32.1. The van der Waals surface area contributed by atoms with Gasteiger partial charge in [-0.15, -0.1) is 11.3 Å². The summed E-state index contributed by atoms with van der Waals surface area (Å²) >= 11 is 1.77. The summed E-state index contributed by atoms with van der Waals surface area (Å²) in [6.45, 7) is 2.90. The van der Waals surface area contributed by atoms with Crippen LogP contribution in [-0.2, 0) is 11.2 Å². The van der Waals surface area contributed by atoms with E-state index in [4.69, 9.17) is 5.84 Å². The highest BCUT2D eigenvalue weighted by Gasteiger charge is 2.11. The van der Waals surface area contributed by atoms with Gasteiger partial charge in [0.1, 0.15) is 0 Å². The van der Waals surface area contributed by atoms with Crippen molar-refractivity contribution in [1.29, 1.82) is 0 Å². The molecule has 0 fully saturated rings. The third kappa shape index (κ3) is 4.30. The average Bonchev–Trinajstić information content (AvgIpc) is 2.77. The van der Waals surface area contributed by atoms with Crippen LogP contribution in [0.2, 0.25) is 0 Å². The normalized spacial score (nSPS) is 12.8. The summed E-state index contributed by atoms with van der Waals surface area (Å²) in [5, 5.41) is 2.09. The van der Waals surface area contributed by atoms with Gasteiger partial charge in [-0.3, -0.25) is 10.2 Å². The smallest absolute Gasteiger partial charge is 0.235 e. The first-order valence-corrected chi connectivity index (χ1v) is 6.23. The van der Waals surface area contributed by atoms with Gasteiger partial charge >= 0.3 is 0 Å². The van der Waals surface area contributed by atoms with E-state index < -0.39 is 0 Å². The Balaban J connectivity index is 2.30. The minimum absolute atomic E-state index is 0.116. The molecule has 0 aliphatic heterocycles. The molecule has 5 heteroatoms. The number of carbonyl (C=O) groups is 1. The van der Waals surface area contributed by atoms with Gasteiger partial charge in [0.05, 0.1) is 0 Å². The van der Waals surface area contributed by atoms with Crippen LogP contribution in [0.5, 0.6) is 0 Å². The summed E-state index contributed by atoms with van der Waals surface area (Å²) in [7, 11) is 2.03. The Labute approximate surface area is 100 Å². The van der Waals surface area contributed by atoms with E-state index in [1.54, 1.807) is 11.3 Å². The van der Waals surface area contributed by atoms with E-state index in [0.29, 0.717) is 12.5 Å². The SMILES string of the molecule is CC(Cc1cccs1)N(C)CCC(=O)NN. The number of rotatable bonds is 6. The lowest BCUT2D eigenvalue weighted by Gasteiger charge is -2.23. The van der Waals surface area contributed by atoms with Gasteiger partial charge in [0, 0.05) is 23.9 Å². The van der Waals surface area contributed by atoms with Crippen LogP contribution in [0.15, 0.2) is 17.5 Å². The Morgan fingerprint density at radius 1 is 1.69 bits per heavy atom. The zero-order chi connectivity index (χ0) is 12.0. The van der Waals surface area contributed by atoms with Crippen molar-refractivity contribution < 1.29 is 4.79 Å². The Morgan fingerprint density at radius 2 is 2.44 bits per heavy atom. The molecule has 1 aromatic heterocycles. The standard InChI is InChI=1S/C11H19N3OS/c1-9(8-10-4-3-7-16-10)14(2)6-5-11(15)13-12/h3-4,7,9H,5-6,8,12H2,1-2H3,(H,13,15).